The molecular formula is C11H18ClN3. The zero-order chi connectivity index (χ0) is 11.6. The highest BCUT2D eigenvalue weighted by Gasteiger charge is 2.17. The van der Waals surface area contributed by atoms with Crippen molar-refractivity contribution in [3.8, 4) is 0 Å². The summed E-state index contributed by atoms with van der Waals surface area (Å²) in [5.41, 5.74) is 0.954. The third-order valence-electron chi connectivity index (χ3n) is 1.91. The van der Waals surface area contributed by atoms with Crippen LogP contribution in [0.15, 0.2) is 6.33 Å². The van der Waals surface area contributed by atoms with E-state index in [4.69, 9.17) is 11.6 Å². The molecule has 0 saturated carbocycles. The van der Waals surface area contributed by atoms with Crippen LogP contribution in [0.25, 0.3) is 0 Å². The molecule has 0 radical (unpaired) electrons. The second-order valence-electron chi connectivity index (χ2n) is 4.96. The fourth-order valence-electron chi connectivity index (χ4n) is 1.34. The Morgan fingerprint density at radius 2 is 1.87 bits per heavy atom. The van der Waals surface area contributed by atoms with Crippen LogP contribution in [0.4, 0.5) is 5.82 Å². The average Bonchev–Trinajstić information content (AvgIpc) is 1.99. The molecule has 1 N–H and O–H groups in total. The minimum atomic E-state index is -0.0265. The Bertz CT molecular complexity index is 342. The van der Waals surface area contributed by atoms with Gasteiger partial charge in [0.2, 0.25) is 0 Å². The van der Waals surface area contributed by atoms with Gasteiger partial charge in [0.05, 0.1) is 0 Å². The van der Waals surface area contributed by atoms with Crippen molar-refractivity contribution in [2.24, 2.45) is 0 Å². The molecule has 3 nitrogen and oxygen atoms in total. The van der Waals surface area contributed by atoms with E-state index in [1.807, 2.05) is 0 Å². The summed E-state index contributed by atoms with van der Waals surface area (Å²) in [6.45, 7) is 10.4. The van der Waals surface area contributed by atoms with Crippen molar-refractivity contribution in [3.63, 3.8) is 0 Å². The number of hydrogen-bond donors (Lipinski definition) is 1. The van der Waals surface area contributed by atoms with Crippen LogP contribution in [0.1, 0.15) is 46.1 Å². The number of hydrogen-bond acceptors (Lipinski definition) is 3. The largest absolute Gasteiger partial charge is 0.365 e. The molecule has 0 saturated heterocycles. The first-order chi connectivity index (χ1) is 6.81. The van der Waals surface area contributed by atoms with Crippen molar-refractivity contribution in [2.75, 3.05) is 5.32 Å². The molecule has 4 heteroatoms. The Morgan fingerprint density at radius 1 is 1.27 bits per heavy atom. The molecule has 0 unspecified atom stereocenters. The molecule has 1 aromatic heterocycles. The lowest BCUT2D eigenvalue weighted by Gasteiger charge is -2.24. The highest BCUT2D eigenvalue weighted by atomic mass is 35.5. The Labute approximate surface area is 96.3 Å². The van der Waals surface area contributed by atoms with E-state index in [-0.39, 0.29) is 5.54 Å². The van der Waals surface area contributed by atoms with Crippen molar-refractivity contribution in [1.82, 2.24) is 9.97 Å². The van der Waals surface area contributed by atoms with Crippen LogP contribution in [-0.4, -0.2) is 15.5 Å². The maximum atomic E-state index is 6.06. The van der Waals surface area contributed by atoms with E-state index in [9.17, 15) is 0 Å². The SMILES string of the molecule is CC(C)c1c(Cl)ncnc1NC(C)(C)C. The van der Waals surface area contributed by atoms with Gasteiger partial charge in [-0.05, 0) is 26.7 Å². The van der Waals surface area contributed by atoms with Gasteiger partial charge >= 0.3 is 0 Å². The van der Waals surface area contributed by atoms with Gasteiger partial charge < -0.3 is 5.32 Å². The van der Waals surface area contributed by atoms with E-state index in [2.05, 4.69) is 49.9 Å². The van der Waals surface area contributed by atoms with Gasteiger partial charge in [0.1, 0.15) is 17.3 Å². The van der Waals surface area contributed by atoms with E-state index >= 15 is 0 Å². The quantitative estimate of drug-likeness (QED) is 0.787. The smallest absolute Gasteiger partial charge is 0.138 e. The Hall–Kier alpha value is -0.830. The number of rotatable bonds is 2. The van der Waals surface area contributed by atoms with E-state index in [1.54, 1.807) is 0 Å². The van der Waals surface area contributed by atoms with Crippen molar-refractivity contribution in [1.29, 1.82) is 0 Å². The van der Waals surface area contributed by atoms with Crippen molar-refractivity contribution >= 4 is 17.4 Å². The average molecular weight is 228 g/mol. The molecule has 15 heavy (non-hydrogen) atoms. The van der Waals surface area contributed by atoms with Gasteiger partial charge in [-0.1, -0.05) is 25.4 Å². The van der Waals surface area contributed by atoms with E-state index in [0.717, 1.165) is 11.4 Å². The summed E-state index contributed by atoms with van der Waals surface area (Å²) < 4.78 is 0. The molecule has 1 heterocycles. The van der Waals surface area contributed by atoms with Crippen LogP contribution in [0.5, 0.6) is 0 Å². The lowest BCUT2D eigenvalue weighted by Crippen LogP contribution is -2.27. The Morgan fingerprint density at radius 3 is 2.33 bits per heavy atom. The topological polar surface area (TPSA) is 37.8 Å². The number of nitrogens with zero attached hydrogens (tertiary/aromatic N) is 2. The molecule has 0 fully saturated rings. The Balaban J connectivity index is 3.12. The monoisotopic (exact) mass is 227 g/mol. The summed E-state index contributed by atoms with van der Waals surface area (Å²) in [6.07, 6.45) is 1.49. The summed E-state index contributed by atoms with van der Waals surface area (Å²) >= 11 is 6.06. The summed E-state index contributed by atoms with van der Waals surface area (Å²) in [5.74, 6) is 1.14. The lowest BCUT2D eigenvalue weighted by molar-refractivity contribution is 0.626. The van der Waals surface area contributed by atoms with E-state index in [0.29, 0.717) is 11.1 Å². The van der Waals surface area contributed by atoms with Crippen LogP contribution in [0.2, 0.25) is 5.15 Å². The zero-order valence-corrected chi connectivity index (χ0v) is 10.7. The summed E-state index contributed by atoms with van der Waals surface area (Å²) in [5, 5.41) is 3.87. The molecule has 0 bridgehead atoms. The molecule has 1 aromatic rings. The van der Waals surface area contributed by atoms with E-state index < -0.39 is 0 Å². The number of nitrogens with one attached hydrogen (secondary N) is 1. The predicted molar refractivity (Wildman–Crippen MR) is 64.5 cm³/mol. The number of aromatic nitrogens is 2. The first-order valence-corrected chi connectivity index (χ1v) is 5.47. The van der Waals surface area contributed by atoms with Crippen molar-refractivity contribution in [2.45, 2.75) is 46.1 Å². The van der Waals surface area contributed by atoms with Crippen LogP contribution in [0, 0.1) is 0 Å². The van der Waals surface area contributed by atoms with Crippen molar-refractivity contribution < 1.29 is 0 Å². The second-order valence-corrected chi connectivity index (χ2v) is 5.31. The van der Waals surface area contributed by atoms with Gasteiger partial charge in [-0.2, -0.15) is 0 Å². The van der Waals surface area contributed by atoms with Crippen LogP contribution < -0.4 is 5.32 Å². The van der Waals surface area contributed by atoms with Gasteiger partial charge in [0, 0.05) is 11.1 Å². The van der Waals surface area contributed by atoms with Gasteiger partial charge in [0.15, 0.2) is 0 Å². The standard InChI is InChI=1S/C11H18ClN3/c1-7(2)8-9(12)13-6-14-10(8)15-11(3,4)5/h6-7H,1-5H3,(H,13,14,15). The normalized spacial score (nSPS) is 11.9. The predicted octanol–water partition coefficient (Wildman–Crippen LogP) is 3.46. The first kappa shape index (κ1) is 12.2. The van der Waals surface area contributed by atoms with E-state index in [1.165, 1.54) is 6.33 Å². The van der Waals surface area contributed by atoms with Crippen LogP contribution in [-0.2, 0) is 0 Å². The summed E-state index contributed by atoms with van der Waals surface area (Å²) in [4.78, 5) is 8.24. The third-order valence-corrected chi connectivity index (χ3v) is 2.21. The molecular weight excluding hydrogens is 210 g/mol. The first-order valence-electron chi connectivity index (χ1n) is 5.10. The number of anilines is 1. The molecule has 0 aliphatic rings. The molecule has 1 rings (SSSR count). The molecule has 0 atom stereocenters. The fraction of sp³-hybridized carbons (Fsp3) is 0.636. The number of halogens is 1. The summed E-state index contributed by atoms with van der Waals surface area (Å²) in [7, 11) is 0. The lowest BCUT2D eigenvalue weighted by atomic mass is 10.0. The van der Waals surface area contributed by atoms with Crippen molar-refractivity contribution in [3.05, 3.63) is 17.0 Å². The minimum Gasteiger partial charge on any atom is -0.365 e. The molecule has 0 spiro atoms. The molecule has 0 aliphatic heterocycles. The van der Waals surface area contributed by atoms with Crippen LogP contribution in [0.3, 0.4) is 0 Å². The molecule has 0 aromatic carbocycles. The van der Waals surface area contributed by atoms with Gasteiger partial charge in [-0.25, -0.2) is 9.97 Å². The summed E-state index contributed by atoms with van der Waals surface area (Å²) in [6, 6.07) is 0. The van der Waals surface area contributed by atoms with Gasteiger partial charge in [0.25, 0.3) is 0 Å². The minimum absolute atomic E-state index is 0.0265. The Kier molecular flexibility index (Phi) is 3.55. The maximum Gasteiger partial charge on any atom is 0.138 e. The van der Waals surface area contributed by atoms with Crippen LogP contribution >= 0.6 is 11.6 Å². The second kappa shape index (κ2) is 4.35. The third kappa shape index (κ3) is 3.34. The zero-order valence-electron chi connectivity index (χ0n) is 9.93. The maximum absolute atomic E-state index is 6.06. The highest BCUT2D eigenvalue weighted by Crippen LogP contribution is 2.29. The van der Waals surface area contributed by atoms with Gasteiger partial charge in [-0.3, -0.25) is 0 Å². The fourth-order valence-corrected chi connectivity index (χ4v) is 1.69. The molecule has 0 amide bonds. The molecule has 84 valence electrons. The van der Waals surface area contributed by atoms with Gasteiger partial charge in [-0.15, -0.1) is 0 Å². The highest BCUT2D eigenvalue weighted by molar-refractivity contribution is 6.30. The molecule has 0 aliphatic carbocycles.